The van der Waals surface area contributed by atoms with E-state index in [4.69, 9.17) is 4.74 Å². The highest BCUT2D eigenvalue weighted by Gasteiger charge is 2.15. The number of nitrogens with zero attached hydrogens (tertiary/aromatic N) is 1. The number of hydrogen-bond acceptors (Lipinski definition) is 3. The average Bonchev–Trinajstić information content (AvgIpc) is 2.39. The molecule has 0 fully saturated rings. The minimum absolute atomic E-state index is 0.107. The Kier molecular flexibility index (Phi) is 4.54. The van der Waals surface area contributed by atoms with Crippen molar-refractivity contribution < 1.29 is 18.6 Å². The molecule has 0 radical (unpaired) electrons. The van der Waals surface area contributed by atoms with Gasteiger partial charge in [0.05, 0.1) is 19.4 Å². The predicted molar refractivity (Wildman–Crippen MR) is 65.2 cm³/mol. The zero-order valence-electron chi connectivity index (χ0n) is 10.1. The topological polar surface area (TPSA) is 42.4 Å². The van der Waals surface area contributed by atoms with Crippen LogP contribution in [-0.2, 0) is 11.3 Å². The molecule has 100 valence electrons. The molecule has 0 bridgehead atoms. The van der Waals surface area contributed by atoms with Crippen LogP contribution in [0.1, 0.15) is 17.4 Å². The molecule has 1 aromatic heterocycles. The van der Waals surface area contributed by atoms with Gasteiger partial charge >= 0.3 is 0 Å². The summed E-state index contributed by atoms with van der Waals surface area (Å²) in [7, 11) is 0. The van der Waals surface area contributed by atoms with E-state index < -0.39 is 17.7 Å². The molecule has 0 aliphatic rings. The maximum Gasteiger partial charge on any atom is 0.150 e. The molecule has 1 heterocycles. The summed E-state index contributed by atoms with van der Waals surface area (Å²) < 4.78 is 31.3. The van der Waals surface area contributed by atoms with Gasteiger partial charge in [-0.3, -0.25) is 4.98 Å². The third-order valence-electron chi connectivity index (χ3n) is 2.54. The summed E-state index contributed by atoms with van der Waals surface area (Å²) in [6.07, 6.45) is -0.358. The Bertz CT molecular complexity index is 534. The first-order valence-corrected chi connectivity index (χ1v) is 5.77. The molecule has 0 amide bonds. The molecular weight excluding hydrogens is 252 g/mol. The molecule has 1 N–H and O–H groups in total. The molecule has 2 aromatic rings. The molecule has 19 heavy (non-hydrogen) atoms. The molecular formula is C14H13F2NO2. The van der Waals surface area contributed by atoms with Gasteiger partial charge in [-0.05, 0) is 5.56 Å². The van der Waals surface area contributed by atoms with Crippen LogP contribution in [0.2, 0.25) is 0 Å². The first-order valence-electron chi connectivity index (χ1n) is 5.77. The Balaban J connectivity index is 1.89. The average molecular weight is 265 g/mol. The van der Waals surface area contributed by atoms with Crippen LogP contribution in [0.4, 0.5) is 8.78 Å². The number of hydrogen-bond donors (Lipinski definition) is 1. The van der Waals surface area contributed by atoms with Crippen molar-refractivity contribution in [3.8, 4) is 0 Å². The minimum atomic E-state index is -1.22. The van der Waals surface area contributed by atoms with E-state index in [1.807, 2.05) is 30.3 Å². The van der Waals surface area contributed by atoms with Gasteiger partial charge in [0.25, 0.3) is 0 Å². The first-order chi connectivity index (χ1) is 9.16. The van der Waals surface area contributed by atoms with Gasteiger partial charge in [0.15, 0.2) is 0 Å². The van der Waals surface area contributed by atoms with Crippen LogP contribution < -0.4 is 0 Å². The molecule has 3 nitrogen and oxygen atoms in total. The second-order valence-corrected chi connectivity index (χ2v) is 4.04. The molecule has 1 aromatic carbocycles. The Morgan fingerprint density at radius 2 is 1.95 bits per heavy atom. The smallest absolute Gasteiger partial charge is 0.150 e. The maximum absolute atomic E-state index is 13.3. The van der Waals surface area contributed by atoms with Crippen molar-refractivity contribution in [2.24, 2.45) is 0 Å². The Morgan fingerprint density at radius 1 is 1.21 bits per heavy atom. The number of aromatic nitrogens is 1. The molecule has 0 aliphatic carbocycles. The summed E-state index contributed by atoms with van der Waals surface area (Å²) in [6.45, 7) is 0.200. The Hall–Kier alpha value is -1.85. The fourth-order valence-corrected chi connectivity index (χ4v) is 1.61. The molecule has 1 unspecified atom stereocenters. The standard InChI is InChI=1S/C14H13F2NO2/c15-11-6-12(16)14(17-7-11)13(18)9-19-8-10-4-2-1-3-5-10/h1-7,13,18H,8-9H2. The second-order valence-electron chi connectivity index (χ2n) is 4.04. The van der Waals surface area contributed by atoms with Crippen LogP contribution in [-0.4, -0.2) is 16.7 Å². The highest BCUT2D eigenvalue weighted by molar-refractivity contribution is 5.14. The van der Waals surface area contributed by atoms with Crippen molar-refractivity contribution in [3.05, 3.63) is 65.5 Å². The summed E-state index contributed by atoms with van der Waals surface area (Å²) in [5.74, 6) is -1.66. The summed E-state index contributed by atoms with van der Waals surface area (Å²) >= 11 is 0. The summed E-state index contributed by atoms with van der Waals surface area (Å²) in [4.78, 5) is 3.52. The number of halogens is 2. The number of ether oxygens (including phenoxy) is 1. The van der Waals surface area contributed by atoms with Crippen LogP contribution in [0.5, 0.6) is 0 Å². The molecule has 0 saturated carbocycles. The van der Waals surface area contributed by atoms with E-state index in [-0.39, 0.29) is 12.3 Å². The van der Waals surface area contributed by atoms with Crippen LogP contribution in [0.25, 0.3) is 0 Å². The highest BCUT2D eigenvalue weighted by atomic mass is 19.1. The van der Waals surface area contributed by atoms with Crippen molar-refractivity contribution in [3.63, 3.8) is 0 Å². The number of rotatable bonds is 5. The van der Waals surface area contributed by atoms with Crippen molar-refractivity contribution in [2.45, 2.75) is 12.7 Å². The van der Waals surface area contributed by atoms with Gasteiger partial charge in [-0.25, -0.2) is 8.78 Å². The predicted octanol–water partition coefficient (Wildman–Crippen LogP) is 2.61. The van der Waals surface area contributed by atoms with Crippen molar-refractivity contribution in [1.29, 1.82) is 0 Å². The number of benzene rings is 1. The lowest BCUT2D eigenvalue weighted by molar-refractivity contribution is 0.0238. The first kappa shape index (κ1) is 13.6. The van der Waals surface area contributed by atoms with Crippen molar-refractivity contribution in [1.82, 2.24) is 4.98 Å². The van der Waals surface area contributed by atoms with Gasteiger partial charge in [-0.2, -0.15) is 0 Å². The van der Waals surface area contributed by atoms with E-state index in [1.165, 1.54) is 0 Å². The number of aliphatic hydroxyl groups excluding tert-OH is 1. The zero-order valence-corrected chi connectivity index (χ0v) is 10.1. The molecule has 1 atom stereocenters. The maximum atomic E-state index is 13.3. The molecule has 2 rings (SSSR count). The lowest BCUT2D eigenvalue weighted by atomic mass is 10.2. The van der Waals surface area contributed by atoms with Gasteiger partial charge in [-0.1, -0.05) is 30.3 Å². The van der Waals surface area contributed by atoms with E-state index in [9.17, 15) is 13.9 Å². The fraction of sp³-hybridized carbons (Fsp3) is 0.214. The summed E-state index contributed by atoms with van der Waals surface area (Å²) in [5.41, 5.74) is 0.733. The van der Waals surface area contributed by atoms with Crippen LogP contribution >= 0.6 is 0 Å². The van der Waals surface area contributed by atoms with E-state index in [0.29, 0.717) is 12.7 Å². The van der Waals surface area contributed by atoms with Crippen molar-refractivity contribution >= 4 is 0 Å². The lowest BCUT2D eigenvalue weighted by Crippen LogP contribution is -2.11. The zero-order chi connectivity index (χ0) is 13.7. The number of aliphatic hydroxyl groups is 1. The third kappa shape index (κ3) is 3.81. The second kappa shape index (κ2) is 6.36. The molecule has 0 saturated heterocycles. The molecule has 0 aliphatic heterocycles. The summed E-state index contributed by atoms with van der Waals surface area (Å²) in [6, 6.07) is 10.1. The molecule has 0 spiro atoms. The van der Waals surface area contributed by atoms with E-state index in [2.05, 4.69) is 4.98 Å². The lowest BCUT2D eigenvalue weighted by Gasteiger charge is -2.11. The molecule has 5 heteroatoms. The van der Waals surface area contributed by atoms with E-state index in [0.717, 1.165) is 11.8 Å². The van der Waals surface area contributed by atoms with E-state index >= 15 is 0 Å². The van der Waals surface area contributed by atoms with Crippen LogP contribution in [0, 0.1) is 11.6 Å². The third-order valence-corrected chi connectivity index (χ3v) is 2.54. The summed E-state index contributed by atoms with van der Waals surface area (Å²) in [5, 5.41) is 9.72. The normalized spacial score (nSPS) is 12.4. The minimum Gasteiger partial charge on any atom is -0.384 e. The SMILES string of the molecule is OC(COCc1ccccc1)c1ncc(F)cc1F. The number of pyridine rings is 1. The quantitative estimate of drug-likeness (QED) is 0.903. The highest BCUT2D eigenvalue weighted by Crippen LogP contribution is 2.16. The van der Waals surface area contributed by atoms with Gasteiger partial charge in [0, 0.05) is 6.07 Å². The van der Waals surface area contributed by atoms with Crippen LogP contribution in [0.3, 0.4) is 0 Å². The van der Waals surface area contributed by atoms with Gasteiger partial charge < -0.3 is 9.84 Å². The van der Waals surface area contributed by atoms with E-state index in [1.54, 1.807) is 0 Å². The van der Waals surface area contributed by atoms with Gasteiger partial charge in [-0.15, -0.1) is 0 Å². The van der Waals surface area contributed by atoms with Crippen LogP contribution in [0.15, 0.2) is 42.6 Å². The monoisotopic (exact) mass is 265 g/mol. The van der Waals surface area contributed by atoms with Gasteiger partial charge in [0.2, 0.25) is 0 Å². The van der Waals surface area contributed by atoms with Gasteiger partial charge in [0.1, 0.15) is 23.4 Å². The Morgan fingerprint density at radius 3 is 2.63 bits per heavy atom. The fourth-order valence-electron chi connectivity index (χ4n) is 1.61. The largest absolute Gasteiger partial charge is 0.384 e. The Labute approximate surface area is 109 Å². The van der Waals surface area contributed by atoms with Crippen molar-refractivity contribution in [2.75, 3.05) is 6.61 Å².